The molecule has 0 bridgehead atoms. The van der Waals surface area contributed by atoms with Crippen molar-refractivity contribution < 1.29 is 23.0 Å². The SMILES string of the molecule is CCCCCCCCOc1ccc(C(=O)Oc2cnc(F)c(F)c2)cc1. The lowest BCUT2D eigenvalue weighted by Gasteiger charge is -2.08. The predicted octanol–water partition coefficient (Wildman–Crippen LogP) is 5.32. The highest BCUT2D eigenvalue weighted by atomic mass is 19.2. The van der Waals surface area contributed by atoms with Crippen molar-refractivity contribution in [3.05, 3.63) is 53.9 Å². The summed E-state index contributed by atoms with van der Waals surface area (Å²) in [5, 5.41) is 0. The monoisotopic (exact) mass is 363 g/mol. The van der Waals surface area contributed by atoms with E-state index in [1.807, 2.05) is 0 Å². The summed E-state index contributed by atoms with van der Waals surface area (Å²) in [5.41, 5.74) is 0.279. The van der Waals surface area contributed by atoms with Gasteiger partial charge in [0.15, 0.2) is 11.6 Å². The lowest BCUT2D eigenvalue weighted by Crippen LogP contribution is -2.09. The second kappa shape index (κ2) is 10.5. The van der Waals surface area contributed by atoms with Gasteiger partial charge in [0.05, 0.1) is 18.4 Å². The lowest BCUT2D eigenvalue weighted by atomic mass is 10.1. The number of benzene rings is 1. The Labute approximate surface area is 152 Å². The first kappa shape index (κ1) is 19.8. The number of hydrogen-bond acceptors (Lipinski definition) is 4. The van der Waals surface area contributed by atoms with Crippen LogP contribution in [0.5, 0.6) is 11.5 Å². The van der Waals surface area contributed by atoms with E-state index in [0.29, 0.717) is 12.4 Å². The molecule has 6 heteroatoms. The third-order valence-electron chi connectivity index (χ3n) is 3.84. The molecule has 0 spiro atoms. The number of aromatic nitrogens is 1. The van der Waals surface area contributed by atoms with Crippen molar-refractivity contribution >= 4 is 5.97 Å². The van der Waals surface area contributed by atoms with E-state index in [4.69, 9.17) is 9.47 Å². The van der Waals surface area contributed by atoms with Crippen molar-refractivity contribution in [1.29, 1.82) is 0 Å². The van der Waals surface area contributed by atoms with Gasteiger partial charge < -0.3 is 9.47 Å². The molecule has 2 rings (SSSR count). The first-order chi connectivity index (χ1) is 12.6. The summed E-state index contributed by atoms with van der Waals surface area (Å²) >= 11 is 0. The molecule has 0 aliphatic rings. The van der Waals surface area contributed by atoms with E-state index < -0.39 is 17.7 Å². The predicted molar refractivity (Wildman–Crippen MR) is 94.4 cm³/mol. The summed E-state index contributed by atoms with van der Waals surface area (Å²) in [6.45, 7) is 2.83. The van der Waals surface area contributed by atoms with Crippen LogP contribution >= 0.6 is 0 Å². The van der Waals surface area contributed by atoms with Gasteiger partial charge in [0.1, 0.15) is 5.75 Å². The highest BCUT2D eigenvalue weighted by Gasteiger charge is 2.11. The zero-order valence-corrected chi connectivity index (χ0v) is 14.8. The van der Waals surface area contributed by atoms with Crippen LogP contribution < -0.4 is 9.47 Å². The number of pyridine rings is 1. The third-order valence-corrected chi connectivity index (χ3v) is 3.84. The molecule has 0 saturated heterocycles. The Bertz CT molecular complexity index is 705. The number of esters is 1. The Hall–Kier alpha value is -2.50. The van der Waals surface area contributed by atoms with Crippen LogP contribution in [-0.4, -0.2) is 17.6 Å². The molecule has 1 aromatic heterocycles. The molecule has 0 aliphatic carbocycles. The van der Waals surface area contributed by atoms with E-state index in [1.165, 1.54) is 25.7 Å². The van der Waals surface area contributed by atoms with Gasteiger partial charge in [-0.3, -0.25) is 0 Å². The van der Waals surface area contributed by atoms with Crippen molar-refractivity contribution in [2.24, 2.45) is 0 Å². The van der Waals surface area contributed by atoms with Gasteiger partial charge >= 0.3 is 5.97 Å². The fourth-order valence-electron chi connectivity index (χ4n) is 2.39. The van der Waals surface area contributed by atoms with Crippen LogP contribution in [-0.2, 0) is 0 Å². The van der Waals surface area contributed by atoms with Crippen LogP contribution in [0.2, 0.25) is 0 Å². The van der Waals surface area contributed by atoms with E-state index in [2.05, 4.69) is 11.9 Å². The Morgan fingerprint density at radius 3 is 2.38 bits per heavy atom. The molecular formula is C20H23F2NO3. The van der Waals surface area contributed by atoms with Gasteiger partial charge in [-0.1, -0.05) is 39.0 Å². The van der Waals surface area contributed by atoms with Crippen molar-refractivity contribution in [2.75, 3.05) is 6.61 Å². The van der Waals surface area contributed by atoms with Gasteiger partial charge in [-0.05, 0) is 30.7 Å². The summed E-state index contributed by atoms with van der Waals surface area (Å²) in [7, 11) is 0. The summed E-state index contributed by atoms with van der Waals surface area (Å²) in [6.07, 6.45) is 8.09. The molecule has 0 radical (unpaired) electrons. The second-order valence-electron chi connectivity index (χ2n) is 5.97. The molecule has 0 amide bonds. The molecule has 26 heavy (non-hydrogen) atoms. The van der Waals surface area contributed by atoms with Gasteiger partial charge in [-0.2, -0.15) is 4.39 Å². The van der Waals surface area contributed by atoms with E-state index in [9.17, 15) is 13.6 Å². The molecular weight excluding hydrogens is 340 g/mol. The highest BCUT2D eigenvalue weighted by Crippen LogP contribution is 2.17. The summed E-state index contributed by atoms with van der Waals surface area (Å²) in [5.74, 6) is -2.58. The average molecular weight is 363 g/mol. The maximum atomic E-state index is 13.1. The number of ether oxygens (including phenoxy) is 2. The minimum atomic E-state index is -1.24. The normalized spacial score (nSPS) is 10.6. The average Bonchev–Trinajstić information content (AvgIpc) is 2.64. The lowest BCUT2D eigenvalue weighted by molar-refractivity contribution is 0.0733. The maximum absolute atomic E-state index is 13.1. The van der Waals surface area contributed by atoms with Crippen molar-refractivity contribution in [3.8, 4) is 11.5 Å². The molecule has 1 aromatic carbocycles. The fourth-order valence-corrected chi connectivity index (χ4v) is 2.39. The largest absolute Gasteiger partial charge is 0.494 e. The van der Waals surface area contributed by atoms with Crippen LogP contribution in [0, 0.1) is 11.8 Å². The number of carbonyl (C=O) groups excluding carboxylic acids is 1. The summed E-state index contributed by atoms with van der Waals surface area (Å²) < 4.78 is 36.5. The Kier molecular flexibility index (Phi) is 7.99. The van der Waals surface area contributed by atoms with E-state index in [0.717, 1.165) is 25.1 Å². The first-order valence-electron chi connectivity index (χ1n) is 8.86. The first-order valence-corrected chi connectivity index (χ1v) is 8.86. The Morgan fingerprint density at radius 2 is 1.69 bits per heavy atom. The molecule has 0 atom stereocenters. The number of unbranched alkanes of at least 4 members (excludes halogenated alkanes) is 5. The molecule has 0 unspecified atom stereocenters. The Balaban J connectivity index is 1.77. The molecule has 0 fully saturated rings. The number of rotatable bonds is 10. The minimum absolute atomic E-state index is 0.155. The van der Waals surface area contributed by atoms with Gasteiger partial charge in [-0.25, -0.2) is 14.2 Å². The van der Waals surface area contributed by atoms with Crippen LogP contribution in [0.1, 0.15) is 55.8 Å². The molecule has 1 heterocycles. The van der Waals surface area contributed by atoms with E-state index >= 15 is 0 Å². The number of carbonyl (C=O) groups is 1. The zero-order valence-electron chi connectivity index (χ0n) is 14.8. The Morgan fingerprint density at radius 1 is 1.00 bits per heavy atom. The number of nitrogens with zero attached hydrogens (tertiary/aromatic N) is 1. The van der Waals surface area contributed by atoms with Gasteiger partial charge in [-0.15, -0.1) is 0 Å². The van der Waals surface area contributed by atoms with Crippen molar-refractivity contribution in [3.63, 3.8) is 0 Å². The third kappa shape index (κ3) is 6.43. The van der Waals surface area contributed by atoms with Crippen molar-refractivity contribution in [2.45, 2.75) is 45.4 Å². The minimum Gasteiger partial charge on any atom is -0.494 e. The summed E-state index contributed by atoms with van der Waals surface area (Å²) in [6, 6.07) is 7.25. The second-order valence-corrected chi connectivity index (χ2v) is 5.97. The molecule has 140 valence electrons. The fraction of sp³-hybridized carbons (Fsp3) is 0.400. The molecule has 0 aliphatic heterocycles. The standard InChI is InChI=1S/C20H23F2NO3/c1-2-3-4-5-6-7-12-25-16-10-8-15(9-11-16)20(24)26-17-13-18(21)19(22)23-14-17/h8-11,13-14H,2-7,12H2,1H3. The van der Waals surface area contributed by atoms with E-state index in [-0.39, 0.29) is 11.3 Å². The number of hydrogen-bond donors (Lipinski definition) is 0. The number of halogens is 2. The zero-order chi connectivity index (χ0) is 18.8. The van der Waals surface area contributed by atoms with Crippen LogP contribution in [0.25, 0.3) is 0 Å². The van der Waals surface area contributed by atoms with Crippen LogP contribution in [0.4, 0.5) is 8.78 Å². The molecule has 0 saturated carbocycles. The smallest absolute Gasteiger partial charge is 0.343 e. The quantitative estimate of drug-likeness (QED) is 0.326. The van der Waals surface area contributed by atoms with Gasteiger partial charge in [0, 0.05) is 6.07 Å². The molecule has 0 N–H and O–H groups in total. The maximum Gasteiger partial charge on any atom is 0.343 e. The van der Waals surface area contributed by atoms with Crippen LogP contribution in [0.3, 0.4) is 0 Å². The topological polar surface area (TPSA) is 48.4 Å². The van der Waals surface area contributed by atoms with Crippen LogP contribution in [0.15, 0.2) is 36.5 Å². The van der Waals surface area contributed by atoms with Crippen molar-refractivity contribution in [1.82, 2.24) is 4.98 Å². The molecule has 2 aromatic rings. The molecule has 4 nitrogen and oxygen atoms in total. The summed E-state index contributed by atoms with van der Waals surface area (Å²) in [4.78, 5) is 15.2. The highest BCUT2D eigenvalue weighted by molar-refractivity contribution is 5.91. The van der Waals surface area contributed by atoms with Gasteiger partial charge in [0.25, 0.3) is 0 Å². The van der Waals surface area contributed by atoms with E-state index in [1.54, 1.807) is 24.3 Å². The van der Waals surface area contributed by atoms with Gasteiger partial charge in [0.2, 0.25) is 5.95 Å².